The molecule has 1 heterocycles. The molecule has 0 N–H and O–H groups in total. The van der Waals surface area contributed by atoms with Crippen molar-refractivity contribution in [1.29, 1.82) is 0 Å². The lowest BCUT2D eigenvalue weighted by atomic mass is 10.1. The Morgan fingerprint density at radius 2 is 1.88 bits per heavy atom. The van der Waals surface area contributed by atoms with Crippen molar-refractivity contribution in [2.45, 2.75) is 18.6 Å². The number of rotatable bonds is 0. The van der Waals surface area contributed by atoms with Crippen LogP contribution in [0.1, 0.15) is 13.8 Å². The highest BCUT2D eigenvalue weighted by Crippen LogP contribution is 2.31. The average molecular weight is 133 g/mol. The van der Waals surface area contributed by atoms with E-state index in [1.54, 1.807) is 13.8 Å². The van der Waals surface area contributed by atoms with Gasteiger partial charge in [-0.15, -0.1) is 0 Å². The fourth-order valence-electron chi connectivity index (χ4n) is 0.553. The van der Waals surface area contributed by atoms with Crippen LogP contribution in [0.15, 0.2) is 0 Å². The van der Waals surface area contributed by atoms with Crippen molar-refractivity contribution in [2.24, 2.45) is 0 Å². The SMILES string of the molecule is CC1(C)[CH]CS1(=O)=O. The van der Waals surface area contributed by atoms with Crippen molar-refractivity contribution in [3.05, 3.63) is 6.42 Å². The van der Waals surface area contributed by atoms with E-state index in [-0.39, 0.29) is 5.75 Å². The highest BCUT2D eigenvalue weighted by molar-refractivity contribution is 7.94. The summed E-state index contributed by atoms with van der Waals surface area (Å²) in [5.41, 5.74) is 0. The molecule has 1 radical (unpaired) electrons. The fourth-order valence-corrected chi connectivity index (χ4v) is 1.66. The molecule has 0 aromatic carbocycles. The number of hydrogen-bond donors (Lipinski definition) is 0. The Morgan fingerprint density at radius 1 is 1.50 bits per heavy atom. The van der Waals surface area contributed by atoms with Crippen molar-refractivity contribution in [3.63, 3.8) is 0 Å². The maximum absolute atomic E-state index is 10.7. The van der Waals surface area contributed by atoms with Gasteiger partial charge in [0, 0.05) is 0 Å². The van der Waals surface area contributed by atoms with Crippen molar-refractivity contribution >= 4 is 9.84 Å². The molecular weight excluding hydrogens is 124 g/mol. The summed E-state index contributed by atoms with van der Waals surface area (Å²) in [5.74, 6) is 0.264. The normalized spacial score (nSPS) is 31.2. The van der Waals surface area contributed by atoms with E-state index >= 15 is 0 Å². The molecule has 0 bridgehead atoms. The molecule has 0 aromatic rings. The molecule has 47 valence electrons. The molecule has 2 nitrogen and oxygen atoms in total. The van der Waals surface area contributed by atoms with Crippen molar-refractivity contribution < 1.29 is 8.42 Å². The minimum atomic E-state index is -2.72. The standard InChI is InChI=1S/C5H9O2S/c1-5(2)3-4-8(5,6)7/h3H,4H2,1-2H3. The van der Waals surface area contributed by atoms with Gasteiger partial charge in [0.1, 0.15) is 0 Å². The Bertz CT molecular complexity index is 188. The molecule has 1 fully saturated rings. The number of hydrogen-bond acceptors (Lipinski definition) is 2. The Balaban J connectivity index is 2.95. The van der Waals surface area contributed by atoms with Gasteiger partial charge < -0.3 is 0 Å². The van der Waals surface area contributed by atoms with E-state index in [2.05, 4.69) is 0 Å². The van der Waals surface area contributed by atoms with Gasteiger partial charge in [0.15, 0.2) is 9.84 Å². The van der Waals surface area contributed by atoms with E-state index in [1.165, 1.54) is 0 Å². The molecular formula is C5H9O2S. The van der Waals surface area contributed by atoms with Crippen LogP contribution in [0.2, 0.25) is 0 Å². The van der Waals surface area contributed by atoms with E-state index in [0.717, 1.165) is 0 Å². The number of sulfone groups is 1. The third kappa shape index (κ3) is 0.573. The molecule has 0 amide bonds. The summed E-state index contributed by atoms with van der Waals surface area (Å²) in [7, 11) is -2.72. The highest BCUT2D eigenvalue weighted by atomic mass is 32.2. The second-order valence-corrected chi connectivity index (χ2v) is 5.20. The highest BCUT2D eigenvalue weighted by Gasteiger charge is 2.43. The van der Waals surface area contributed by atoms with Crippen LogP contribution in [0.3, 0.4) is 0 Å². The zero-order valence-electron chi connectivity index (χ0n) is 5.01. The molecule has 1 aliphatic heterocycles. The molecule has 0 saturated carbocycles. The fraction of sp³-hybridized carbons (Fsp3) is 0.800. The minimum absolute atomic E-state index is 0.264. The van der Waals surface area contributed by atoms with Crippen LogP contribution in [-0.2, 0) is 9.84 Å². The Hall–Kier alpha value is -0.0500. The van der Waals surface area contributed by atoms with Gasteiger partial charge in [-0.05, 0) is 20.3 Å². The molecule has 1 rings (SSSR count). The second kappa shape index (κ2) is 1.26. The van der Waals surface area contributed by atoms with Gasteiger partial charge >= 0.3 is 0 Å². The molecule has 0 spiro atoms. The lowest BCUT2D eigenvalue weighted by Gasteiger charge is -2.33. The van der Waals surface area contributed by atoms with Gasteiger partial charge in [0.25, 0.3) is 0 Å². The monoisotopic (exact) mass is 133 g/mol. The predicted molar refractivity (Wildman–Crippen MR) is 32.2 cm³/mol. The van der Waals surface area contributed by atoms with Crippen LogP contribution in [0.4, 0.5) is 0 Å². The molecule has 0 atom stereocenters. The summed E-state index contributed by atoms with van der Waals surface area (Å²) in [4.78, 5) is 0. The van der Waals surface area contributed by atoms with E-state index in [0.29, 0.717) is 0 Å². The van der Waals surface area contributed by atoms with Gasteiger partial charge in [-0.3, -0.25) is 0 Å². The second-order valence-electron chi connectivity index (χ2n) is 2.59. The zero-order chi connectivity index (χ0) is 6.41. The lowest BCUT2D eigenvalue weighted by molar-refractivity contribution is 0.545. The minimum Gasteiger partial charge on any atom is -0.228 e. The van der Waals surface area contributed by atoms with E-state index in [9.17, 15) is 8.42 Å². The Labute approximate surface area is 49.8 Å². The Kier molecular flexibility index (Phi) is 0.960. The third-order valence-corrected chi connectivity index (χ3v) is 3.97. The summed E-state index contributed by atoms with van der Waals surface area (Å²) >= 11 is 0. The molecule has 0 aromatic heterocycles. The first-order chi connectivity index (χ1) is 3.46. The van der Waals surface area contributed by atoms with Crippen molar-refractivity contribution in [3.8, 4) is 0 Å². The smallest absolute Gasteiger partial charge is 0.156 e. The summed E-state index contributed by atoms with van der Waals surface area (Å²) in [6.45, 7) is 3.43. The third-order valence-electron chi connectivity index (χ3n) is 1.60. The zero-order valence-corrected chi connectivity index (χ0v) is 5.83. The van der Waals surface area contributed by atoms with Crippen LogP contribution in [0.25, 0.3) is 0 Å². The van der Waals surface area contributed by atoms with Crippen LogP contribution >= 0.6 is 0 Å². The summed E-state index contributed by atoms with van der Waals surface area (Å²) in [6.07, 6.45) is 1.81. The first-order valence-corrected chi connectivity index (χ1v) is 4.18. The summed E-state index contributed by atoms with van der Waals surface area (Å²) < 4.78 is 20.9. The molecule has 0 unspecified atom stereocenters. The Morgan fingerprint density at radius 3 is 1.88 bits per heavy atom. The van der Waals surface area contributed by atoms with E-state index < -0.39 is 14.6 Å². The molecule has 1 saturated heterocycles. The van der Waals surface area contributed by atoms with Gasteiger partial charge in [-0.2, -0.15) is 0 Å². The molecule has 8 heavy (non-hydrogen) atoms. The largest absolute Gasteiger partial charge is 0.228 e. The van der Waals surface area contributed by atoms with Gasteiger partial charge in [-0.1, -0.05) is 0 Å². The van der Waals surface area contributed by atoms with Crippen molar-refractivity contribution in [2.75, 3.05) is 5.75 Å². The predicted octanol–water partition coefficient (Wildman–Crippen LogP) is 0.398. The molecule has 1 aliphatic rings. The van der Waals surface area contributed by atoms with Crippen molar-refractivity contribution in [1.82, 2.24) is 0 Å². The van der Waals surface area contributed by atoms with E-state index in [4.69, 9.17) is 0 Å². The van der Waals surface area contributed by atoms with Gasteiger partial charge in [0.05, 0.1) is 10.5 Å². The summed E-state index contributed by atoms with van der Waals surface area (Å²) in [5, 5.41) is 0. The van der Waals surface area contributed by atoms with Crippen LogP contribution in [0, 0.1) is 6.42 Å². The topological polar surface area (TPSA) is 34.1 Å². The van der Waals surface area contributed by atoms with Crippen LogP contribution in [0.5, 0.6) is 0 Å². The maximum atomic E-state index is 10.7. The average Bonchev–Trinajstić information content (AvgIpc) is 1.64. The quantitative estimate of drug-likeness (QED) is 0.479. The first-order valence-electron chi connectivity index (χ1n) is 2.52. The van der Waals surface area contributed by atoms with Gasteiger partial charge in [-0.25, -0.2) is 8.42 Å². The first kappa shape index (κ1) is 6.08. The molecule has 3 heteroatoms. The van der Waals surface area contributed by atoms with E-state index in [1.807, 2.05) is 6.42 Å². The molecule has 0 aliphatic carbocycles. The van der Waals surface area contributed by atoms with Crippen LogP contribution < -0.4 is 0 Å². The summed E-state index contributed by atoms with van der Waals surface area (Å²) in [6, 6.07) is 0. The maximum Gasteiger partial charge on any atom is 0.156 e. The van der Waals surface area contributed by atoms with Gasteiger partial charge in [0.2, 0.25) is 0 Å². The van der Waals surface area contributed by atoms with Crippen LogP contribution in [-0.4, -0.2) is 18.9 Å². The lowest BCUT2D eigenvalue weighted by Crippen LogP contribution is -2.46.